The predicted octanol–water partition coefficient (Wildman–Crippen LogP) is 1.63. The average Bonchev–Trinajstić information content (AvgIpc) is 2.41. The third kappa shape index (κ3) is 3.49. The Hall–Kier alpha value is -1.60. The zero-order valence-corrected chi connectivity index (χ0v) is 12.0. The van der Waals surface area contributed by atoms with Gasteiger partial charge >= 0.3 is 12.0 Å². The van der Waals surface area contributed by atoms with Gasteiger partial charge in [0, 0.05) is 35.4 Å². The number of carbonyl (C=O) groups is 2. The van der Waals surface area contributed by atoms with E-state index in [0.717, 1.165) is 0 Å². The Morgan fingerprint density at radius 2 is 1.95 bits per heavy atom. The van der Waals surface area contributed by atoms with Gasteiger partial charge in [0.15, 0.2) is 0 Å². The maximum atomic E-state index is 12.0. The van der Waals surface area contributed by atoms with Gasteiger partial charge in [-0.05, 0) is 18.2 Å². The van der Waals surface area contributed by atoms with E-state index in [-0.39, 0.29) is 22.3 Å². The summed E-state index contributed by atoms with van der Waals surface area (Å²) in [6.07, 6.45) is 0. The summed E-state index contributed by atoms with van der Waals surface area (Å²) >= 11 is 5.93. The van der Waals surface area contributed by atoms with E-state index in [0.29, 0.717) is 24.6 Å². The molecule has 1 aromatic rings. The molecule has 1 heterocycles. The summed E-state index contributed by atoms with van der Waals surface area (Å²) < 4.78 is 11.2. The van der Waals surface area contributed by atoms with Crippen LogP contribution in [0.3, 0.4) is 0 Å². The van der Waals surface area contributed by atoms with Crippen LogP contribution in [0.1, 0.15) is 10.4 Å². The number of aromatic carboxylic acids is 1. The molecule has 2 amide bonds. The van der Waals surface area contributed by atoms with Crippen LogP contribution in [-0.4, -0.2) is 50.8 Å². The second-order valence-corrected chi connectivity index (χ2v) is 6.37. The van der Waals surface area contributed by atoms with Crippen LogP contribution < -0.4 is 5.32 Å². The molecular formula is C12H13ClN2O4S. The van der Waals surface area contributed by atoms with Crippen LogP contribution in [0.15, 0.2) is 18.2 Å². The number of carbonyl (C=O) groups excluding carboxylic acids is 1. The maximum Gasteiger partial charge on any atom is 0.335 e. The maximum absolute atomic E-state index is 12.0. The second kappa shape index (κ2) is 6.23. The lowest BCUT2D eigenvalue weighted by molar-refractivity contribution is 0.0697. The summed E-state index contributed by atoms with van der Waals surface area (Å²) in [6, 6.07) is 3.73. The molecule has 0 radical (unpaired) electrons. The van der Waals surface area contributed by atoms with Gasteiger partial charge in [-0.25, -0.2) is 9.59 Å². The lowest BCUT2D eigenvalue weighted by Gasteiger charge is -2.26. The fourth-order valence-corrected chi connectivity index (χ4v) is 3.01. The number of benzene rings is 1. The SMILES string of the molecule is O=C(O)c1ccc(Cl)c(NC(=O)N2CCS(=O)CC2)c1. The van der Waals surface area contributed by atoms with Gasteiger partial charge in [-0.1, -0.05) is 11.6 Å². The van der Waals surface area contributed by atoms with E-state index in [1.807, 2.05) is 0 Å². The molecule has 1 aliphatic heterocycles. The zero-order chi connectivity index (χ0) is 14.7. The van der Waals surface area contributed by atoms with Gasteiger partial charge in [0.2, 0.25) is 0 Å². The predicted molar refractivity (Wildman–Crippen MR) is 76.9 cm³/mol. The number of nitrogens with zero attached hydrogens (tertiary/aromatic N) is 1. The number of nitrogens with one attached hydrogen (secondary N) is 1. The van der Waals surface area contributed by atoms with Gasteiger partial charge in [0.25, 0.3) is 0 Å². The zero-order valence-electron chi connectivity index (χ0n) is 10.5. The molecule has 0 saturated carbocycles. The summed E-state index contributed by atoms with van der Waals surface area (Å²) in [5.74, 6) is -0.183. The molecule has 0 aliphatic carbocycles. The molecule has 0 spiro atoms. The number of carboxylic acid groups (broad SMARTS) is 1. The number of anilines is 1. The lowest BCUT2D eigenvalue weighted by atomic mass is 10.2. The molecule has 1 saturated heterocycles. The van der Waals surface area contributed by atoms with Crippen molar-refractivity contribution >= 4 is 40.1 Å². The normalized spacial score (nSPS) is 15.9. The first kappa shape index (κ1) is 14.8. The minimum Gasteiger partial charge on any atom is -0.478 e. The van der Waals surface area contributed by atoms with Crippen molar-refractivity contribution in [2.75, 3.05) is 29.9 Å². The van der Waals surface area contributed by atoms with Crippen molar-refractivity contribution in [2.24, 2.45) is 0 Å². The number of urea groups is 1. The molecule has 1 aliphatic rings. The van der Waals surface area contributed by atoms with E-state index in [1.165, 1.54) is 23.1 Å². The molecule has 20 heavy (non-hydrogen) atoms. The molecule has 1 aromatic carbocycles. The first-order chi connectivity index (χ1) is 9.47. The van der Waals surface area contributed by atoms with Gasteiger partial charge < -0.3 is 15.3 Å². The first-order valence-electron chi connectivity index (χ1n) is 5.91. The monoisotopic (exact) mass is 316 g/mol. The second-order valence-electron chi connectivity index (χ2n) is 4.27. The fourth-order valence-electron chi connectivity index (χ4n) is 1.79. The Balaban J connectivity index is 2.09. The van der Waals surface area contributed by atoms with Crippen LogP contribution in [0.5, 0.6) is 0 Å². The van der Waals surface area contributed by atoms with E-state index in [4.69, 9.17) is 16.7 Å². The van der Waals surface area contributed by atoms with Crippen molar-refractivity contribution in [1.82, 2.24) is 4.90 Å². The van der Waals surface area contributed by atoms with Gasteiger partial charge in [-0.2, -0.15) is 0 Å². The lowest BCUT2D eigenvalue weighted by Crippen LogP contribution is -2.44. The molecule has 2 rings (SSSR count). The summed E-state index contributed by atoms with van der Waals surface area (Å²) in [4.78, 5) is 24.4. The standard InChI is InChI=1S/C12H13ClN2O4S/c13-9-2-1-8(11(16)17)7-10(9)14-12(18)15-3-5-20(19)6-4-15/h1-2,7H,3-6H2,(H,14,18)(H,16,17). The van der Waals surface area contributed by atoms with Gasteiger partial charge in [0.1, 0.15) is 0 Å². The van der Waals surface area contributed by atoms with E-state index in [9.17, 15) is 13.8 Å². The van der Waals surface area contributed by atoms with Crippen molar-refractivity contribution < 1.29 is 18.9 Å². The molecule has 0 bridgehead atoms. The largest absolute Gasteiger partial charge is 0.478 e. The van der Waals surface area contributed by atoms with E-state index in [1.54, 1.807) is 0 Å². The third-order valence-corrected chi connectivity index (χ3v) is 4.53. The molecule has 8 heteroatoms. The minimum absolute atomic E-state index is 0.0458. The van der Waals surface area contributed by atoms with Crippen LogP contribution in [0.25, 0.3) is 0 Å². The van der Waals surface area contributed by atoms with Crippen molar-refractivity contribution in [3.8, 4) is 0 Å². The van der Waals surface area contributed by atoms with Crippen LogP contribution in [-0.2, 0) is 10.8 Å². The van der Waals surface area contributed by atoms with E-state index in [2.05, 4.69) is 5.32 Å². The summed E-state index contributed by atoms with van der Waals surface area (Å²) in [7, 11) is -0.864. The molecular weight excluding hydrogens is 304 g/mol. The first-order valence-corrected chi connectivity index (χ1v) is 7.77. The number of hydrogen-bond acceptors (Lipinski definition) is 3. The molecule has 6 nitrogen and oxygen atoms in total. The van der Waals surface area contributed by atoms with Crippen LogP contribution in [0.4, 0.5) is 10.5 Å². The molecule has 0 atom stereocenters. The van der Waals surface area contributed by atoms with E-state index >= 15 is 0 Å². The number of carboxylic acids is 1. The van der Waals surface area contributed by atoms with Crippen molar-refractivity contribution in [2.45, 2.75) is 0 Å². The summed E-state index contributed by atoms with van der Waals surface area (Å²) in [6.45, 7) is 0.823. The van der Waals surface area contributed by atoms with Crippen molar-refractivity contribution in [1.29, 1.82) is 0 Å². The Labute approximate surface area is 123 Å². The van der Waals surface area contributed by atoms with Gasteiger partial charge in [0.05, 0.1) is 16.3 Å². The highest BCUT2D eigenvalue weighted by Crippen LogP contribution is 2.23. The van der Waals surface area contributed by atoms with Gasteiger partial charge in [-0.15, -0.1) is 0 Å². The quantitative estimate of drug-likeness (QED) is 0.868. The topological polar surface area (TPSA) is 86.7 Å². The Bertz CT molecular complexity index is 569. The van der Waals surface area contributed by atoms with Crippen molar-refractivity contribution in [3.05, 3.63) is 28.8 Å². The van der Waals surface area contributed by atoms with Crippen LogP contribution in [0.2, 0.25) is 5.02 Å². The van der Waals surface area contributed by atoms with Gasteiger partial charge in [-0.3, -0.25) is 4.21 Å². The average molecular weight is 317 g/mol. The third-order valence-electron chi connectivity index (χ3n) is 2.92. The molecule has 108 valence electrons. The molecule has 2 N–H and O–H groups in total. The number of hydrogen-bond donors (Lipinski definition) is 2. The Kier molecular flexibility index (Phi) is 4.61. The summed E-state index contributed by atoms with van der Waals surface area (Å²) in [5.41, 5.74) is 0.299. The highest BCUT2D eigenvalue weighted by molar-refractivity contribution is 7.85. The highest BCUT2D eigenvalue weighted by atomic mass is 35.5. The van der Waals surface area contributed by atoms with Crippen LogP contribution >= 0.6 is 11.6 Å². The van der Waals surface area contributed by atoms with Crippen LogP contribution in [0, 0.1) is 0 Å². The smallest absolute Gasteiger partial charge is 0.335 e. The highest BCUT2D eigenvalue weighted by Gasteiger charge is 2.20. The molecule has 0 unspecified atom stereocenters. The Morgan fingerprint density at radius 1 is 1.30 bits per heavy atom. The number of rotatable bonds is 2. The molecule has 1 fully saturated rings. The fraction of sp³-hybridized carbons (Fsp3) is 0.333. The summed E-state index contributed by atoms with van der Waals surface area (Å²) in [5, 5.41) is 11.8. The number of halogens is 1. The molecule has 0 aromatic heterocycles. The Morgan fingerprint density at radius 3 is 2.55 bits per heavy atom. The van der Waals surface area contributed by atoms with Crippen molar-refractivity contribution in [3.63, 3.8) is 0 Å². The number of amides is 2. The minimum atomic E-state index is -1.09. The van der Waals surface area contributed by atoms with E-state index < -0.39 is 16.8 Å².